The molecular weight excluding hydrogens is 382 g/mol. The van der Waals surface area contributed by atoms with E-state index in [9.17, 15) is 0 Å². The number of benzene rings is 1. The number of nitrogens with zero attached hydrogens (tertiary/aromatic N) is 5. The number of hydrogen-bond acceptors (Lipinski definition) is 7. The molecule has 4 rings (SSSR count). The molecule has 8 heteroatoms. The third-order valence-corrected chi connectivity index (χ3v) is 5.91. The highest BCUT2D eigenvalue weighted by molar-refractivity contribution is 7.13. The summed E-state index contributed by atoms with van der Waals surface area (Å²) >= 11 is 7.77. The van der Waals surface area contributed by atoms with Gasteiger partial charge in [-0.15, -0.1) is 11.3 Å². The lowest BCUT2D eigenvalue weighted by molar-refractivity contribution is 0.279. The van der Waals surface area contributed by atoms with Crippen LogP contribution in [-0.2, 0) is 6.42 Å². The van der Waals surface area contributed by atoms with Crippen molar-refractivity contribution in [3.63, 3.8) is 0 Å². The van der Waals surface area contributed by atoms with Gasteiger partial charge in [0.15, 0.2) is 5.13 Å². The first-order valence-corrected chi connectivity index (χ1v) is 10.4. The first kappa shape index (κ1) is 18.4. The maximum Gasteiger partial charge on any atom is 0.228 e. The van der Waals surface area contributed by atoms with E-state index in [0.29, 0.717) is 16.7 Å². The maximum absolute atomic E-state index is 6.04. The van der Waals surface area contributed by atoms with Gasteiger partial charge in [0, 0.05) is 48.6 Å². The van der Waals surface area contributed by atoms with Gasteiger partial charge in [-0.2, -0.15) is 4.98 Å². The summed E-state index contributed by atoms with van der Waals surface area (Å²) in [5.74, 6) is 1.26. The van der Waals surface area contributed by atoms with Crippen LogP contribution in [0.4, 0.5) is 5.13 Å². The molecule has 2 aromatic heterocycles. The Morgan fingerprint density at radius 3 is 2.93 bits per heavy atom. The summed E-state index contributed by atoms with van der Waals surface area (Å²) in [6, 6.07) is 7.51. The molecule has 6 nitrogen and oxygen atoms in total. The lowest BCUT2D eigenvalue weighted by Crippen LogP contribution is -2.32. The predicted molar refractivity (Wildman–Crippen MR) is 109 cm³/mol. The second kappa shape index (κ2) is 8.37. The van der Waals surface area contributed by atoms with Crippen molar-refractivity contribution in [3.8, 4) is 11.4 Å². The standard InChI is InChI=1S/C19H22ClN5OS/c1-14-13-27-19(21-14)25-8-3-7-24(10-11-25)9-6-17-22-18(23-26-17)15-4-2-5-16(20)12-15/h2,4-5,12-13H,3,6-11H2,1H3. The van der Waals surface area contributed by atoms with Gasteiger partial charge in [-0.05, 0) is 32.0 Å². The molecule has 142 valence electrons. The van der Waals surface area contributed by atoms with Gasteiger partial charge in [-0.25, -0.2) is 4.98 Å². The van der Waals surface area contributed by atoms with Gasteiger partial charge in [0.2, 0.25) is 11.7 Å². The number of hydrogen-bond donors (Lipinski definition) is 0. The highest BCUT2D eigenvalue weighted by atomic mass is 35.5. The molecule has 1 aliphatic rings. The van der Waals surface area contributed by atoms with Crippen molar-refractivity contribution in [2.75, 3.05) is 37.6 Å². The molecular formula is C19H22ClN5OS. The normalized spacial score (nSPS) is 15.9. The molecule has 0 unspecified atom stereocenters. The molecule has 0 bridgehead atoms. The zero-order chi connectivity index (χ0) is 18.6. The van der Waals surface area contributed by atoms with Crippen LogP contribution in [0.5, 0.6) is 0 Å². The zero-order valence-electron chi connectivity index (χ0n) is 15.3. The smallest absolute Gasteiger partial charge is 0.228 e. The summed E-state index contributed by atoms with van der Waals surface area (Å²) in [4.78, 5) is 14.0. The molecule has 27 heavy (non-hydrogen) atoms. The van der Waals surface area contributed by atoms with Crippen molar-refractivity contribution in [3.05, 3.63) is 46.3 Å². The van der Waals surface area contributed by atoms with Crippen molar-refractivity contribution in [2.24, 2.45) is 0 Å². The Bertz CT molecular complexity index is 896. The quantitative estimate of drug-likeness (QED) is 0.643. The molecule has 1 aromatic carbocycles. The Morgan fingerprint density at radius 1 is 1.19 bits per heavy atom. The van der Waals surface area contributed by atoms with E-state index < -0.39 is 0 Å². The highest BCUT2D eigenvalue weighted by Crippen LogP contribution is 2.22. The van der Waals surface area contributed by atoms with Crippen LogP contribution in [0.1, 0.15) is 18.0 Å². The first-order chi connectivity index (χ1) is 13.2. The van der Waals surface area contributed by atoms with E-state index in [4.69, 9.17) is 16.1 Å². The SMILES string of the molecule is Cc1csc(N2CCCN(CCc3nc(-c4cccc(Cl)c4)no3)CC2)n1. The number of aryl methyl sites for hydroxylation is 1. The number of halogens is 1. The number of thiazole rings is 1. The molecule has 0 N–H and O–H groups in total. The fourth-order valence-corrected chi connectivity index (χ4v) is 4.27. The maximum atomic E-state index is 6.04. The summed E-state index contributed by atoms with van der Waals surface area (Å²) in [6.45, 7) is 7.13. The van der Waals surface area contributed by atoms with Crippen LogP contribution in [-0.4, -0.2) is 52.7 Å². The second-order valence-corrected chi connectivity index (χ2v) is 8.00. The van der Waals surface area contributed by atoms with Crippen molar-refractivity contribution < 1.29 is 4.52 Å². The van der Waals surface area contributed by atoms with E-state index in [1.807, 2.05) is 31.2 Å². The van der Waals surface area contributed by atoms with Crippen LogP contribution in [0.3, 0.4) is 0 Å². The summed E-state index contributed by atoms with van der Waals surface area (Å²) in [6.07, 6.45) is 1.89. The van der Waals surface area contributed by atoms with Gasteiger partial charge in [0.05, 0.1) is 5.69 Å². The minimum atomic E-state index is 0.591. The van der Waals surface area contributed by atoms with Crippen LogP contribution >= 0.6 is 22.9 Å². The lowest BCUT2D eigenvalue weighted by atomic mass is 10.2. The zero-order valence-corrected chi connectivity index (χ0v) is 16.8. The summed E-state index contributed by atoms with van der Waals surface area (Å²) < 4.78 is 5.42. The Kier molecular flexibility index (Phi) is 5.71. The number of anilines is 1. The van der Waals surface area contributed by atoms with Crippen molar-refractivity contribution in [1.82, 2.24) is 20.0 Å². The van der Waals surface area contributed by atoms with Crippen LogP contribution in [0.25, 0.3) is 11.4 Å². The Morgan fingerprint density at radius 2 is 2.11 bits per heavy atom. The van der Waals surface area contributed by atoms with Gasteiger partial charge in [0.25, 0.3) is 0 Å². The van der Waals surface area contributed by atoms with Crippen LogP contribution in [0.15, 0.2) is 34.2 Å². The Labute approximate surface area is 167 Å². The summed E-state index contributed by atoms with van der Waals surface area (Å²) in [5.41, 5.74) is 1.98. The molecule has 0 radical (unpaired) electrons. The molecule has 0 atom stereocenters. The van der Waals surface area contributed by atoms with Gasteiger partial charge in [0.1, 0.15) is 0 Å². The minimum absolute atomic E-state index is 0.591. The molecule has 1 saturated heterocycles. The van der Waals surface area contributed by atoms with Crippen molar-refractivity contribution >= 4 is 28.1 Å². The van der Waals surface area contributed by atoms with E-state index >= 15 is 0 Å². The van der Waals surface area contributed by atoms with Crippen LogP contribution in [0, 0.1) is 6.92 Å². The average molecular weight is 404 g/mol. The van der Waals surface area contributed by atoms with Crippen molar-refractivity contribution in [1.29, 1.82) is 0 Å². The fraction of sp³-hybridized carbons (Fsp3) is 0.421. The van der Waals surface area contributed by atoms with Crippen LogP contribution in [0.2, 0.25) is 5.02 Å². The molecule has 0 spiro atoms. The molecule has 3 heterocycles. The summed E-state index contributed by atoms with van der Waals surface area (Å²) in [5, 5.41) is 8.01. The fourth-order valence-electron chi connectivity index (χ4n) is 3.23. The third kappa shape index (κ3) is 4.66. The number of rotatable bonds is 5. The van der Waals surface area contributed by atoms with Gasteiger partial charge >= 0.3 is 0 Å². The van der Waals surface area contributed by atoms with E-state index in [2.05, 4.69) is 30.3 Å². The van der Waals surface area contributed by atoms with E-state index in [1.54, 1.807) is 11.3 Å². The number of aromatic nitrogens is 3. The van der Waals surface area contributed by atoms with Gasteiger partial charge in [-0.3, -0.25) is 0 Å². The van der Waals surface area contributed by atoms with Gasteiger partial charge < -0.3 is 14.3 Å². The third-order valence-electron chi connectivity index (χ3n) is 4.66. The second-order valence-electron chi connectivity index (χ2n) is 6.73. The topological polar surface area (TPSA) is 58.3 Å². The van der Waals surface area contributed by atoms with Gasteiger partial charge in [-0.1, -0.05) is 28.9 Å². The average Bonchev–Trinajstić information content (AvgIpc) is 3.24. The Balaban J connectivity index is 1.31. The monoisotopic (exact) mass is 403 g/mol. The highest BCUT2D eigenvalue weighted by Gasteiger charge is 2.18. The van der Waals surface area contributed by atoms with Crippen molar-refractivity contribution in [2.45, 2.75) is 19.8 Å². The van der Waals surface area contributed by atoms with E-state index in [-0.39, 0.29) is 0 Å². The minimum Gasteiger partial charge on any atom is -0.347 e. The molecule has 1 fully saturated rings. The molecule has 0 saturated carbocycles. The van der Waals surface area contributed by atoms with E-state index in [0.717, 1.165) is 62.0 Å². The first-order valence-electron chi connectivity index (χ1n) is 9.15. The molecule has 0 aliphatic carbocycles. The molecule has 1 aliphatic heterocycles. The largest absolute Gasteiger partial charge is 0.347 e. The predicted octanol–water partition coefficient (Wildman–Crippen LogP) is 3.91. The Hall–Kier alpha value is -1.96. The molecule has 0 amide bonds. The lowest BCUT2D eigenvalue weighted by Gasteiger charge is -2.20. The van der Waals surface area contributed by atoms with E-state index in [1.165, 1.54) is 0 Å². The molecule has 3 aromatic rings. The summed E-state index contributed by atoms with van der Waals surface area (Å²) in [7, 11) is 0. The van der Waals surface area contributed by atoms with Crippen LogP contribution < -0.4 is 4.90 Å².